The van der Waals surface area contributed by atoms with Gasteiger partial charge in [-0.25, -0.2) is 9.18 Å². The molecule has 1 unspecified atom stereocenters. The zero-order chi connectivity index (χ0) is 16.3. The average molecular weight is 316 g/mol. The summed E-state index contributed by atoms with van der Waals surface area (Å²) in [5, 5.41) is 8.32. The molecule has 116 valence electrons. The van der Waals surface area contributed by atoms with Crippen LogP contribution in [0.3, 0.4) is 0 Å². The molecule has 0 aliphatic carbocycles. The highest BCUT2D eigenvalue weighted by Gasteiger charge is 2.08. The van der Waals surface area contributed by atoms with Crippen molar-refractivity contribution in [3.05, 3.63) is 29.0 Å². The molecule has 0 heterocycles. The van der Waals surface area contributed by atoms with Crippen LogP contribution in [0.25, 0.3) is 0 Å². The van der Waals surface area contributed by atoms with Crippen LogP contribution < -0.4 is 0 Å². The highest BCUT2D eigenvalue weighted by atomic mass is 35.5. The molecule has 0 bridgehead atoms. The number of carbonyl (C=O) groups excluding carboxylic acids is 1. The van der Waals surface area contributed by atoms with Crippen molar-refractivity contribution in [2.75, 3.05) is 0 Å². The van der Waals surface area contributed by atoms with Gasteiger partial charge in [-0.05, 0) is 18.6 Å². The van der Waals surface area contributed by atoms with Crippen molar-refractivity contribution in [2.45, 2.75) is 39.5 Å². The van der Waals surface area contributed by atoms with Crippen LogP contribution in [0.15, 0.2) is 23.2 Å². The van der Waals surface area contributed by atoms with E-state index in [4.69, 9.17) is 16.7 Å². The maximum Gasteiger partial charge on any atom is 0.306 e. The number of isocyanates is 1. The van der Waals surface area contributed by atoms with E-state index in [0.29, 0.717) is 0 Å². The molecule has 0 amide bonds. The molecule has 1 atom stereocenters. The van der Waals surface area contributed by atoms with Crippen molar-refractivity contribution in [3.63, 3.8) is 0 Å². The number of aliphatic carboxylic acids is 1. The van der Waals surface area contributed by atoms with Crippen LogP contribution >= 0.6 is 11.6 Å². The summed E-state index contributed by atoms with van der Waals surface area (Å²) in [6, 6.07) is 4.03. The Labute approximate surface area is 128 Å². The topological polar surface area (TPSA) is 66.7 Å². The minimum absolute atomic E-state index is 0.0988. The van der Waals surface area contributed by atoms with Crippen molar-refractivity contribution in [3.8, 4) is 0 Å². The summed E-state index contributed by atoms with van der Waals surface area (Å²) >= 11 is 5.42. The molecule has 0 fully saturated rings. The molecule has 0 aliphatic heterocycles. The summed E-state index contributed by atoms with van der Waals surface area (Å²) in [6.07, 6.45) is 5.45. The number of hydrogen-bond donors (Lipinski definition) is 1. The fourth-order valence-corrected chi connectivity index (χ4v) is 1.62. The molecule has 0 aliphatic rings. The first kappa shape index (κ1) is 19.3. The lowest BCUT2D eigenvalue weighted by Crippen LogP contribution is -2.08. The fraction of sp³-hybridized carbons (Fsp3) is 0.467. The van der Waals surface area contributed by atoms with E-state index in [1.165, 1.54) is 24.3 Å². The van der Waals surface area contributed by atoms with Crippen LogP contribution in [0.4, 0.5) is 10.1 Å². The Morgan fingerprint density at radius 3 is 2.67 bits per heavy atom. The fourth-order valence-electron chi connectivity index (χ4n) is 1.45. The average Bonchev–Trinajstić information content (AvgIpc) is 2.45. The quantitative estimate of drug-likeness (QED) is 0.468. The van der Waals surface area contributed by atoms with Gasteiger partial charge in [0.05, 0.1) is 11.6 Å². The SMILES string of the molecule is CCCCCC(C)C(=O)O.O=C=Nc1cccc(F)c1Cl. The molecule has 6 heteroatoms. The van der Waals surface area contributed by atoms with Crippen molar-refractivity contribution in [1.29, 1.82) is 0 Å². The second kappa shape index (κ2) is 11.0. The van der Waals surface area contributed by atoms with E-state index in [-0.39, 0.29) is 16.6 Å². The first-order chi connectivity index (χ1) is 9.93. The van der Waals surface area contributed by atoms with Gasteiger partial charge < -0.3 is 5.11 Å². The molecule has 0 saturated carbocycles. The number of hydrogen-bond acceptors (Lipinski definition) is 3. The maximum atomic E-state index is 12.6. The molecule has 0 radical (unpaired) electrons. The van der Waals surface area contributed by atoms with Gasteiger partial charge in [0.1, 0.15) is 10.8 Å². The Hall–Kier alpha value is -1.71. The minimum Gasteiger partial charge on any atom is -0.481 e. The lowest BCUT2D eigenvalue weighted by Gasteiger charge is -2.03. The van der Waals surface area contributed by atoms with E-state index in [9.17, 15) is 14.0 Å². The second-order valence-electron chi connectivity index (χ2n) is 4.51. The minimum atomic E-state index is -0.670. The maximum absolute atomic E-state index is 12.6. The van der Waals surface area contributed by atoms with Crippen molar-refractivity contribution >= 4 is 29.3 Å². The molecule has 1 aromatic carbocycles. The van der Waals surface area contributed by atoms with Gasteiger partial charge >= 0.3 is 5.97 Å². The van der Waals surface area contributed by atoms with Gasteiger partial charge in [-0.2, -0.15) is 4.99 Å². The van der Waals surface area contributed by atoms with Crippen LogP contribution in [-0.4, -0.2) is 17.2 Å². The molecule has 0 saturated heterocycles. The van der Waals surface area contributed by atoms with E-state index in [2.05, 4.69) is 11.9 Å². The summed E-state index contributed by atoms with van der Waals surface area (Å²) < 4.78 is 12.6. The Balaban J connectivity index is 0.000000384. The van der Waals surface area contributed by atoms with E-state index >= 15 is 0 Å². The number of carboxylic acid groups (broad SMARTS) is 1. The summed E-state index contributed by atoms with van der Waals surface area (Å²) in [5.41, 5.74) is 0.0988. The molecule has 1 N–H and O–H groups in total. The third-order valence-corrected chi connectivity index (χ3v) is 3.13. The summed E-state index contributed by atoms with van der Waals surface area (Å²) in [6.45, 7) is 3.88. The van der Waals surface area contributed by atoms with Gasteiger partial charge in [-0.15, -0.1) is 0 Å². The highest BCUT2D eigenvalue weighted by Crippen LogP contribution is 2.26. The predicted molar refractivity (Wildman–Crippen MR) is 80.1 cm³/mol. The monoisotopic (exact) mass is 315 g/mol. The first-order valence-corrected chi connectivity index (χ1v) is 7.06. The van der Waals surface area contributed by atoms with E-state index in [1.807, 2.05) is 0 Å². The van der Waals surface area contributed by atoms with Gasteiger partial charge in [0.15, 0.2) is 0 Å². The van der Waals surface area contributed by atoms with Gasteiger partial charge in [-0.3, -0.25) is 4.79 Å². The van der Waals surface area contributed by atoms with E-state index in [1.54, 1.807) is 6.92 Å². The number of nitrogens with zero attached hydrogens (tertiary/aromatic N) is 1. The van der Waals surface area contributed by atoms with Crippen molar-refractivity contribution < 1.29 is 19.1 Å². The van der Waals surface area contributed by atoms with Crippen LogP contribution in [0, 0.1) is 11.7 Å². The summed E-state index contributed by atoms with van der Waals surface area (Å²) in [4.78, 5) is 23.2. The third kappa shape index (κ3) is 8.23. The van der Waals surface area contributed by atoms with Crippen LogP contribution in [0.5, 0.6) is 0 Å². The Morgan fingerprint density at radius 2 is 2.14 bits per heavy atom. The number of unbranched alkanes of at least 4 members (excludes halogenated alkanes) is 2. The lowest BCUT2D eigenvalue weighted by atomic mass is 10.0. The number of carbonyl (C=O) groups is 1. The molecule has 4 nitrogen and oxygen atoms in total. The standard InChI is InChI=1S/C8H16O2.C7H3ClFNO/c1-3-4-5-6-7(2)8(9)10;8-7-5(9)2-1-3-6(7)10-4-11/h7H,3-6H2,1-2H3,(H,9,10);1-3H. The second-order valence-corrected chi connectivity index (χ2v) is 4.89. The number of carboxylic acids is 1. The largest absolute Gasteiger partial charge is 0.481 e. The van der Waals surface area contributed by atoms with E-state index in [0.717, 1.165) is 25.7 Å². The summed E-state index contributed by atoms with van der Waals surface area (Å²) in [7, 11) is 0. The third-order valence-electron chi connectivity index (χ3n) is 2.76. The van der Waals surface area contributed by atoms with Crippen molar-refractivity contribution in [1.82, 2.24) is 0 Å². The van der Waals surface area contributed by atoms with Crippen LogP contribution in [-0.2, 0) is 9.59 Å². The first-order valence-electron chi connectivity index (χ1n) is 6.68. The Bertz CT molecular complexity index is 502. The van der Waals surface area contributed by atoms with Crippen LogP contribution in [0.1, 0.15) is 39.5 Å². The summed E-state index contributed by atoms with van der Waals surface area (Å²) in [5.74, 6) is -1.43. The van der Waals surface area contributed by atoms with Gasteiger partial charge in [0, 0.05) is 0 Å². The van der Waals surface area contributed by atoms with E-state index < -0.39 is 11.8 Å². The molecule has 1 rings (SSSR count). The normalized spacial score (nSPS) is 10.9. The zero-order valence-electron chi connectivity index (χ0n) is 12.1. The molecule has 1 aromatic rings. The number of benzene rings is 1. The van der Waals surface area contributed by atoms with Gasteiger partial charge in [0.2, 0.25) is 6.08 Å². The molecular formula is C15H19ClFNO3. The molecule has 21 heavy (non-hydrogen) atoms. The molecular weight excluding hydrogens is 297 g/mol. The lowest BCUT2D eigenvalue weighted by molar-refractivity contribution is -0.141. The highest BCUT2D eigenvalue weighted by molar-refractivity contribution is 6.33. The zero-order valence-corrected chi connectivity index (χ0v) is 12.9. The smallest absolute Gasteiger partial charge is 0.306 e. The van der Waals surface area contributed by atoms with Crippen molar-refractivity contribution in [2.24, 2.45) is 10.9 Å². The predicted octanol–water partition coefficient (Wildman–Crippen LogP) is 4.73. The molecule has 0 aromatic heterocycles. The number of halogens is 2. The molecule has 0 spiro atoms. The van der Waals surface area contributed by atoms with Gasteiger partial charge in [0.25, 0.3) is 0 Å². The van der Waals surface area contributed by atoms with Gasteiger partial charge in [-0.1, -0.05) is 50.8 Å². The van der Waals surface area contributed by atoms with Crippen LogP contribution in [0.2, 0.25) is 5.02 Å². The number of aliphatic imine (C=N–C) groups is 1. The Kier molecular flexibility index (Phi) is 10.1. The number of rotatable bonds is 6. The Morgan fingerprint density at radius 1 is 1.48 bits per heavy atom.